The van der Waals surface area contributed by atoms with Crippen LogP contribution in [0.2, 0.25) is 0 Å². The third-order valence-electron chi connectivity index (χ3n) is 6.51. The van der Waals surface area contributed by atoms with Crippen molar-refractivity contribution in [3.05, 3.63) is 23.3 Å². The Kier molecular flexibility index (Phi) is 6.07. The summed E-state index contributed by atoms with van der Waals surface area (Å²) in [7, 11) is 3.43. The van der Waals surface area contributed by atoms with Gasteiger partial charge < -0.3 is 18.9 Å². The monoisotopic (exact) mass is 376 g/mol. The lowest BCUT2D eigenvalue weighted by molar-refractivity contribution is -0.241. The topological polar surface area (TPSA) is 36.9 Å². The van der Waals surface area contributed by atoms with Crippen LogP contribution >= 0.6 is 0 Å². The maximum atomic E-state index is 6.19. The molecule has 152 valence electrons. The average Bonchev–Trinajstić information content (AvgIpc) is 3.08. The van der Waals surface area contributed by atoms with Crippen molar-refractivity contribution in [2.45, 2.75) is 71.5 Å². The first-order chi connectivity index (χ1) is 12.8. The second-order valence-corrected chi connectivity index (χ2v) is 9.02. The van der Waals surface area contributed by atoms with Crippen molar-refractivity contribution in [1.82, 2.24) is 0 Å². The quantitative estimate of drug-likeness (QED) is 0.672. The standard InChI is InChI=1S/C23H36O4/c1-16(2)18-14-17(15-19(24-5)21(18)25-6)8-9-20-22(3,4)10-7-11-23(20)26-12-13-27-23/h14-16,20H,7-13H2,1-6H3. The van der Waals surface area contributed by atoms with Crippen molar-refractivity contribution in [2.24, 2.45) is 11.3 Å². The molecule has 2 aliphatic rings. The molecule has 1 unspecified atom stereocenters. The van der Waals surface area contributed by atoms with E-state index in [1.54, 1.807) is 14.2 Å². The van der Waals surface area contributed by atoms with Gasteiger partial charge in [0.05, 0.1) is 27.4 Å². The van der Waals surface area contributed by atoms with Crippen LogP contribution in [-0.2, 0) is 15.9 Å². The number of ether oxygens (including phenoxy) is 4. The van der Waals surface area contributed by atoms with E-state index in [2.05, 4.69) is 39.8 Å². The smallest absolute Gasteiger partial charge is 0.171 e. The van der Waals surface area contributed by atoms with Gasteiger partial charge in [-0.1, -0.05) is 33.8 Å². The van der Waals surface area contributed by atoms with Gasteiger partial charge in [0, 0.05) is 17.9 Å². The highest BCUT2D eigenvalue weighted by atomic mass is 16.7. The molecule has 1 spiro atoms. The highest BCUT2D eigenvalue weighted by Gasteiger charge is 2.52. The molecule has 27 heavy (non-hydrogen) atoms. The van der Waals surface area contributed by atoms with Crippen molar-refractivity contribution in [3.63, 3.8) is 0 Å². The zero-order valence-corrected chi connectivity index (χ0v) is 17.9. The number of rotatable bonds is 6. The van der Waals surface area contributed by atoms with Gasteiger partial charge in [0.15, 0.2) is 17.3 Å². The van der Waals surface area contributed by atoms with E-state index < -0.39 is 0 Å². The summed E-state index contributed by atoms with van der Waals surface area (Å²) in [6.07, 6.45) is 5.47. The lowest BCUT2D eigenvalue weighted by atomic mass is 9.63. The zero-order chi connectivity index (χ0) is 19.7. The van der Waals surface area contributed by atoms with Crippen LogP contribution in [0.3, 0.4) is 0 Å². The molecule has 1 aromatic carbocycles. The van der Waals surface area contributed by atoms with Gasteiger partial charge in [-0.2, -0.15) is 0 Å². The van der Waals surface area contributed by atoms with Crippen molar-refractivity contribution >= 4 is 0 Å². The van der Waals surface area contributed by atoms with Gasteiger partial charge in [-0.3, -0.25) is 0 Å². The van der Waals surface area contributed by atoms with Gasteiger partial charge >= 0.3 is 0 Å². The molecule has 1 aliphatic heterocycles. The van der Waals surface area contributed by atoms with Crippen LogP contribution in [0, 0.1) is 11.3 Å². The molecular weight excluding hydrogens is 340 g/mol. The molecule has 1 heterocycles. The van der Waals surface area contributed by atoms with Gasteiger partial charge in [0.2, 0.25) is 0 Å². The lowest BCUT2D eigenvalue weighted by Gasteiger charge is -2.49. The minimum Gasteiger partial charge on any atom is -0.493 e. The molecule has 1 aromatic rings. The fraction of sp³-hybridized carbons (Fsp3) is 0.739. The van der Waals surface area contributed by atoms with E-state index in [0.717, 1.165) is 44.0 Å². The summed E-state index contributed by atoms with van der Waals surface area (Å²) in [5, 5.41) is 0. The van der Waals surface area contributed by atoms with Crippen molar-refractivity contribution < 1.29 is 18.9 Å². The molecule has 0 N–H and O–H groups in total. The molecule has 0 amide bonds. The zero-order valence-electron chi connectivity index (χ0n) is 17.9. The molecule has 4 nitrogen and oxygen atoms in total. The predicted octanol–water partition coefficient (Wildman–Crippen LogP) is 5.33. The molecule has 1 aliphatic carbocycles. The van der Waals surface area contributed by atoms with E-state index in [0.29, 0.717) is 11.8 Å². The Hall–Kier alpha value is -1.26. The Bertz CT molecular complexity index is 644. The first-order valence-electron chi connectivity index (χ1n) is 10.4. The second kappa shape index (κ2) is 8.00. The summed E-state index contributed by atoms with van der Waals surface area (Å²) in [5.74, 6) is 2.08. The molecular formula is C23H36O4. The van der Waals surface area contributed by atoms with E-state index in [1.165, 1.54) is 24.0 Å². The molecule has 0 radical (unpaired) electrons. The van der Waals surface area contributed by atoms with Crippen LogP contribution in [0.5, 0.6) is 11.5 Å². The fourth-order valence-corrected chi connectivity index (χ4v) is 5.10. The minimum absolute atomic E-state index is 0.222. The number of benzene rings is 1. The molecule has 1 saturated heterocycles. The average molecular weight is 377 g/mol. The summed E-state index contributed by atoms with van der Waals surface area (Å²) >= 11 is 0. The van der Waals surface area contributed by atoms with Crippen LogP contribution in [0.25, 0.3) is 0 Å². The van der Waals surface area contributed by atoms with E-state index in [-0.39, 0.29) is 11.2 Å². The Morgan fingerprint density at radius 2 is 1.78 bits per heavy atom. The normalized spacial score (nSPS) is 23.7. The molecule has 3 rings (SSSR count). The first-order valence-corrected chi connectivity index (χ1v) is 10.4. The lowest BCUT2D eigenvalue weighted by Crippen LogP contribution is -2.50. The Morgan fingerprint density at radius 3 is 2.37 bits per heavy atom. The molecule has 1 atom stereocenters. The van der Waals surface area contributed by atoms with E-state index in [1.807, 2.05) is 0 Å². The van der Waals surface area contributed by atoms with E-state index in [9.17, 15) is 0 Å². The maximum absolute atomic E-state index is 6.19. The first kappa shape index (κ1) is 20.5. The van der Waals surface area contributed by atoms with Gasteiger partial charge in [0.25, 0.3) is 0 Å². The summed E-state index contributed by atoms with van der Waals surface area (Å²) in [6, 6.07) is 4.41. The summed E-state index contributed by atoms with van der Waals surface area (Å²) in [5.41, 5.74) is 2.73. The largest absolute Gasteiger partial charge is 0.493 e. The molecule has 2 fully saturated rings. The predicted molar refractivity (Wildman–Crippen MR) is 108 cm³/mol. The number of hydrogen-bond acceptors (Lipinski definition) is 4. The van der Waals surface area contributed by atoms with E-state index in [4.69, 9.17) is 18.9 Å². The van der Waals surface area contributed by atoms with Gasteiger partial charge in [-0.15, -0.1) is 0 Å². The van der Waals surface area contributed by atoms with Gasteiger partial charge in [-0.05, 0) is 48.6 Å². The number of methoxy groups -OCH3 is 2. The summed E-state index contributed by atoms with van der Waals surface area (Å²) in [4.78, 5) is 0. The molecule has 0 bridgehead atoms. The van der Waals surface area contributed by atoms with Crippen LogP contribution in [-0.4, -0.2) is 33.2 Å². The van der Waals surface area contributed by atoms with Crippen molar-refractivity contribution in [1.29, 1.82) is 0 Å². The van der Waals surface area contributed by atoms with Crippen LogP contribution in [0.15, 0.2) is 12.1 Å². The Balaban J connectivity index is 1.85. The Morgan fingerprint density at radius 1 is 1.07 bits per heavy atom. The highest BCUT2D eigenvalue weighted by molar-refractivity contribution is 5.51. The third kappa shape index (κ3) is 3.97. The summed E-state index contributed by atoms with van der Waals surface area (Å²) in [6.45, 7) is 10.6. The third-order valence-corrected chi connectivity index (χ3v) is 6.51. The van der Waals surface area contributed by atoms with E-state index >= 15 is 0 Å². The number of aryl methyl sites for hydroxylation is 1. The van der Waals surface area contributed by atoms with Crippen molar-refractivity contribution in [3.8, 4) is 11.5 Å². The van der Waals surface area contributed by atoms with Crippen molar-refractivity contribution in [2.75, 3.05) is 27.4 Å². The fourth-order valence-electron chi connectivity index (χ4n) is 5.10. The van der Waals surface area contributed by atoms with Gasteiger partial charge in [-0.25, -0.2) is 0 Å². The second-order valence-electron chi connectivity index (χ2n) is 9.02. The summed E-state index contributed by atoms with van der Waals surface area (Å²) < 4.78 is 23.6. The van der Waals surface area contributed by atoms with Crippen LogP contribution < -0.4 is 9.47 Å². The Labute approximate surface area is 164 Å². The number of hydrogen-bond donors (Lipinski definition) is 0. The molecule has 4 heteroatoms. The minimum atomic E-state index is -0.376. The molecule has 0 aromatic heterocycles. The maximum Gasteiger partial charge on any atom is 0.171 e. The van der Waals surface area contributed by atoms with Gasteiger partial charge in [0.1, 0.15) is 0 Å². The molecule has 1 saturated carbocycles. The SMILES string of the molecule is COc1cc(CCC2C(C)(C)CCCC23OCCO3)cc(C(C)C)c1OC. The van der Waals surface area contributed by atoms with Crippen LogP contribution in [0.1, 0.15) is 70.4 Å². The highest BCUT2D eigenvalue weighted by Crippen LogP contribution is 2.52. The van der Waals surface area contributed by atoms with Crippen LogP contribution in [0.4, 0.5) is 0 Å².